The van der Waals surface area contributed by atoms with Gasteiger partial charge >= 0.3 is 0 Å². The molecule has 26 heavy (non-hydrogen) atoms. The van der Waals surface area contributed by atoms with Gasteiger partial charge in [0.1, 0.15) is 23.2 Å². The van der Waals surface area contributed by atoms with Crippen molar-refractivity contribution in [3.05, 3.63) is 64.9 Å². The molecule has 2 heterocycles. The van der Waals surface area contributed by atoms with Gasteiger partial charge in [0.2, 0.25) is 0 Å². The molecule has 2 aromatic rings. The van der Waals surface area contributed by atoms with E-state index in [0.717, 1.165) is 10.5 Å². The topological polar surface area (TPSA) is 94.5 Å². The Kier molecular flexibility index (Phi) is 4.83. The Morgan fingerprint density at radius 3 is 2.54 bits per heavy atom. The summed E-state index contributed by atoms with van der Waals surface area (Å²) in [5, 5.41) is 18.4. The smallest absolute Gasteiger partial charge is 0.271 e. The molecule has 2 amide bonds. The molecule has 1 aliphatic heterocycles. The number of carbonyl (C=O) groups is 2. The maximum atomic E-state index is 12.6. The highest BCUT2D eigenvalue weighted by Crippen LogP contribution is 2.29. The lowest BCUT2D eigenvalue weighted by molar-refractivity contribution is -0.140. The lowest BCUT2D eigenvalue weighted by atomic mass is 9.95. The predicted molar refractivity (Wildman–Crippen MR) is 94.2 cm³/mol. The van der Waals surface area contributed by atoms with Gasteiger partial charge in [-0.05, 0) is 30.7 Å². The van der Waals surface area contributed by atoms with Crippen LogP contribution in [0, 0.1) is 11.3 Å². The molecule has 1 aromatic carbocycles. The number of benzene rings is 1. The summed E-state index contributed by atoms with van der Waals surface area (Å²) in [4.78, 5) is 25.7. The van der Waals surface area contributed by atoms with E-state index in [0.29, 0.717) is 17.1 Å². The molecule has 6 nitrogen and oxygen atoms in total. The molecule has 0 fully saturated rings. The molecular weight excluding hydrogens is 332 g/mol. The first kappa shape index (κ1) is 17.4. The summed E-state index contributed by atoms with van der Waals surface area (Å²) in [6.45, 7) is 1.01. The van der Waals surface area contributed by atoms with Crippen LogP contribution in [0.15, 0.2) is 63.6 Å². The standard InChI is InChI=1S/C20H16N2O4/c1-13-16(19(24)22(9-10-23)20(25)17(13)12-21)11-15-7-8-18(26-15)14-5-3-2-4-6-14/h2-8,11,23H,9-10H2,1H3. The summed E-state index contributed by atoms with van der Waals surface area (Å²) >= 11 is 0. The Balaban J connectivity index is 2.03. The first-order valence-electron chi connectivity index (χ1n) is 8.02. The quantitative estimate of drug-likeness (QED) is 0.677. The van der Waals surface area contributed by atoms with Gasteiger partial charge in [0.15, 0.2) is 0 Å². The number of β-amino-alcohol motifs (C(OH)–C–C–N with tert-alkyl or cyclic N) is 1. The number of nitrogens with zero attached hydrogens (tertiary/aromatic N) is 2. The number of hydrogen-bond donors (Lipinski definition) is 1. The third-order valence-electron chi connectivity index (χ3n) is 4.12. The fourth-order valence-corrected chi connectivity index (χ4v) is 2.76. The van der Waals surface area contributed by atoms with E-state index >= 15 is 0 Å². The molecule has 0 saturated carbocycles. The third kappa shape index (κ3) is 3.08. The van der Waals surface area contributed by atoms with Crippen LogP contribution >= 0.6 is 0 Å². The van der Waals surface area contributed by atoms with Gasteiger partial charge in [0.05, 0.1) is 13.2 Å². The zero-order chi connectivity index (χ0) is 18.7. The van der Waals surface area contributed by atoms with Crippen molar-refractivity contribution in [2.75, 3.05) is 13.2 Å². The van der Waals surface area contributed by atoms with Crippen LogP contribution in [0.4, 0.5) is 0 Å². The number of rotatable bonds is 4. The zero-order valence-electron chi connectivity index (χ0n) is 14.1. The van der Waals surface area contributed by atoms with Crippen molar-refractivity contribution in [3.63, 3.8) is 0 Å². The van der Waals surface area contributed by atoms with Crippen molar-refractivity contribution in [2.45, 2.75) is 6.92 Å². The van der Waals surface area contributed by atoms with E-state index in [4.69, 9.17) is 9.52 Å². The molecule has 0 aliphatic carbocycles. The maximum absolute atomic E-state index is 12.6. The summed E-state index contributed by atoms with van der Waals surface area (Å²) in [5.41, 5.74) is 1.28. The second-order valence-electron chi connectivity index (χ2n) is 5.72. The van der Waals surface area contributed by atoms with E-state index in [2.05, 4.69) is 0 Å². The molecule has 1 N–H and O–H groups in total. The number of aliphatic hydroxyl groups excluding tert-OH is 1. The van der Waals surface area contributed by atoms with Gasteiger partial charge in [-0.25, -0.2) is 0 Å². The summed E-state index contributed by atoms with van der Waals surface area (Å²) in [5.74, 6) is -0.169. The Labute approximate surface area is 150 Å². The van der Waals surface area contributed by atoms with Gasteiger partial charge in [0, 0.05) is 11.1 Å². The van der Waals surface area contributed by atoms with Crippen molar-refractivity contribution in [3.8, 4) is 17.4 Å². The summed E-state index contributed by atoms with van der Waals surface area (Å²) in [6.07, 6.45) is 1.51. The number of furan rings is 1. The lowest BCUT2D eigenvalue weighted by Gasteiger charge is -2.26. The summed E-state index contributed by atoms with van der Waals surface area (Å²) in [6, 6.07) is 14.8. The minimum atomic E-state index is -0.689. The highest BCUT2D eigenvalue weighted by atomic mass is 16.3. The van der Waals surface area contributed by atoms with E-state index in [1.54, 1.807) is 19.1 Å². The Morgan fingerprint density at radius 2 is 1.88 bits per heavy atom. The highest BCUT2D eigenvalue weighted by Gasteiger charge is 2.35. The van der Waals surface area contributed by atoms with E-state index in [9.17, 15) is 14.9 Å². The molecule has 0 saturated heterocycles. The Morgan fingerprint density at radius 1 is 1.15 bits per heavy atom. The van der Waals surface area contributed by atoms with Gasteiger partial charge in [-0.2, -0.15) is 5.26 Å². The number of imide groups is 1. The second kappa shape index (κ2) is 7.21. The van der Waals surface area contributed by atoms with E-state index in [1.807, 2.05) is 36.4 Å². The van der Waals surface area contributed by atoms with Gasteiger partial charge in [-0.1, -0.05) is 30.3 Å². The normalized spacial score (nSPS) is 16.3. The Hall–Kier alpha value is -3.43. The molecule has 0 spiro atoms. The van der Waals surface area contributed by atoms with Crippen LogP contribution < -0.4 is 0 Å². The minimum absolute atomic E-state index is 0.112. The van der Waals surface area contributed by atoms with Crippen molar-refractivity contribution >= 4 is 17.9 Å². The number of aliphatic hydroxyl groups is 1. The second-order valence-corrected chi connectivity index (χ2v) is 5.72. The van der Waals surface area contributed by atoms with Crippen molar-refractivity contribution < 1.29 is 19.1 Å². The molecule has 0 atom stereocenters. The number of hydrogen-bond acceptors (Lipinski definition) is 5. The largest absolute Gasteiger partial charge is 0.457 e. The first-order chi connectivity index (χ1) is 12.6. The Bertz CT molecular complexity index is 961. The fourth-order valence-electron chi connectivity index (χ4n) is 2.76. The van der Waals surface area contributed by atoms with Crippen LogP contribution in [0.1, 0.15) is 12.7 Å². The van der Waals surface area contributed by atoms with Crippen molar-refractivity contribution in [1.82, 2.24) is 4.90 Å². The van der Waals surface area contributed by atoms with Crippen LogP contribution in [-0.2, 0) is 9.59 Å². The summed E-state index contributed by atoms with van der Waals surface area (Å²) in [7, 11) is 0. The van der Waals surface area contributed by atoms with Gasteiger partial charge in [0.25, 0.3) is 11.8 Å². The van der Waals surface area contributed by atoms with Crippen LogP contribution in [0.3, 0.4) is 0 Å². The SMILES string of the molecule is CC1=C(C#N)C(=O)N(CCO)C(=O)C1=Cc1ccc(-c2ccccc2)o1. The summed E-state index contributed by atoms with van der Waals surface area (Å²) < 4.78 is 5.77. The molecule has 1 aromatic heterocycles. The van der Waals surface area contributed by atoms with E-state index in [-0.39, 0.29) is 24.3 Å². The number of carbonyl (C=O) groups excluding carboxylic acids is 2. The average Bonchev–Trinajstić information content (AvgIpc) is 3.12. The molecule has 0 unspecified atom stereocenters. The average molecular weight is 348 g/mol. The third-order valence-corrected chi connectivity index (χ3v) is 4.12. The predicted octanol–water partition coefficient (Wildman–Crippen LogP) is 2.53. The number of amides is 2. The van der Waals surface area contributed by atoms with E-state index < -0.39 is 11.8 Å². The molecule has 0 radical (unpaired) electrons. The zero-order valence-corrected chi connectivity index (χ0v) is 14.1. The van der Waals surface area contributed by atoms with Gasteiger partial charge < -0.3 is 9.52 Å². The number of nitriles is 1. The lowest BCUT2D eigenvalue weighted by Crippen LogP contribution is -2.44. The maximum Gasteiger partial charge on any atom is 0.271 e. The molecular formula is C20H16N2O4. The van der Waals surface area contributed by atoms with E-state index in [1.165, 1.54) is 6.08 Å². The van der Waals surface area contributed by atoms with Crippen LogP contribution in [0.2, 0.25) is 0 Å². The monoisotopic (exact) mass is 348 g/mol. The first-order valence-corrected chi connectivity index (χ1v) is 8.02. The van der Waals surface area contributed by atoms with Gasteiger partial charge in [-0.3, -0.25) is 14.5 Å². The van der Waals surface area contributed by atoms with Gasteiger partial charge in [-0.15, -0.1) is 0 Å². The fraction of sp³-hybridized carbons (Fsp3) is 0.150. The van der Waals surface area contributed by atoms with Crippen molar-refractivity contribution in [2.24, 2.45) is 0 Å². The highest BCUT2D eigenvalue weighted by molar-refractivity contribution is 6.19. The molecule has 3 rings (SSSR count). The minimum Gasteiger partial charge on any atom is -0.457 e. The van der Waals surface area contributed by atoms with Crippen LogP contribution in [0.25, 0.3) is 17.4 Å². The van der Waals surface area contributed by atoms with Crippen LogP contribution in [0.5, 0.6) is 0 Å². The molecule has 1 aliphatic rings. The molecule has 6 heteroatoms. The molecule has 130 valence electrons. The molecule has 0 bridgehead atoms. The van der Waals surface area contributed by atoms with Crippen LogP contribution in [-0.4, -0.2) is 35.0 Å². The van der Waals surface area contributed by atoms with Crippen molar-refractivity contribution in [1.29, 1.82) is 5.26 Å².